The number of hydrogen-bond donors (Lipinski definition) is 2. The minimum Gasteiger partial charge on any atom is -0.479 e. The molecule has 3 aromatic rings. The van der Waals surface area contributed by atoms with Crippen molar-refractivity contribution in [1.82, 2.24) is 15.0 Å². The molecule has 212 valence electrons. The molecule has 1 saturated heterocycles. The number of amides is 1. The molecule has 1 amide bonds. The van der Waals surface area contributed by atoms with Gasteiger partial charge in [0.15, 0.2) is 20.6 Å². The Bertz CT molecular complexity index is 1560. The summed E-state index contributed by atoms with van der Waals surface area (Å²) in [5, 5.41) is 5.86. The standard InChI is InChI=1S/C27H32N6O6S/c1-16(34)29-23-12-21(19(13-28-23)20-6-7-22-26(31-20)38-15-27(2,3)39-22)30-24-10-17(11-25(32-24)40(5,35)36)33-9-8-18(14-33)37-4/h6-7,10-13,18H,8-9,14-15H2,1-5H3,(H2,28,29,30,32,34)/t18-/m1/s1. The van der Waals surface area contributed by atoms with Crippen molar-refractivity contribution in [3.05, 3.63) is 36.5 Å². The Morgan fingerprint density at radius 2 is 1.98 bits per heavy atom. The summed E-state index contributed by atoms with van der Waals surface area (Å²) in [4.78, 5) is 27.2. The average molecular weight is 569 g/mol. The first-order valence-corrected chi connectivity index (χ1v) is 14.7. The van der Waals surface area contributed by atoms with Gasteiger partial charge in [0.2, 0.25) is 5.91 Å². The molecule has 5 heterocycles. The van der Waals surface area contributed by atoms with E-state index in [1.54, 1.807) is 43.6 Å². The molecule has 2 aliphatic rings. The maximum atomic E-state index is 12.5. The lowest BCUT2D eigenvalue weighted by atomic mass is 10.1. The van der Waals surface area contributed by atoms with Gasteiger partial charge in [-0.2, -0.15) is 0 Å². The maximum absolute atomic E-state index is 12.5. The van der Waals surface area contributed by atoms with Crippen molar-refractivity contribution in [3.63, 3.8) is 0 Å². The minimum absolute atomic E-state index is 0.0603. The molecule has 2 N–H and O–H groups in total. The van der Waals surface area contributed by atoms with E-state index in [0.717, 1.165) is 19.2 Å². The van der Waals surface area contributed by atoms with Crippen molar-refractivity contribution in [2.75, 3.05) is 48.6 Å². The average Bonchev–Trinajstić information content (AvgIpc) is 3.37. The summed E-state index contributed by atoms with van der Waals surface area (Å²) in [5.74, 6) is 1.21. The van der Waals surface area contributed by atoms with E-state index in [9.17, 15) is 13.2 Å². The maximum Gasteiger partial charge on any atom is 0.257 e. The molecule has 1 atom stereocenters. The van der Waals surface area contributed by atoms with Gasteiger partial charge in [0, 0.05) is 63.0 Å². The van der Waals surface area contributed by atoms with E-state index in [-0.39, 0.29) is 17.0 Å². The molecule has 3 aromatic heterocycles. The van der Waals surface area contributed by atoms with Crippen molar-refractivity contribution in [2.45, 2.75) is 43.9 Å². The van der Waals surface area contributed by atoms with Crippen LogP contribution in [0.3, 0.4) is 0 Å². The third-order valence-corrected chi connectivity index (χ3v) is 7.49. The van der Waals surface area contributed by atoms with Crippen LogP contribution >= 0.6 is 0 Å². The van der Waals surface area contributed by atoms with Crippen LogP contribution in [0.2, 0.25) is 0 Å². The van der Waals surface area contributed by atoms with Crippen LogP contribution in [-0.2, 0) is 19.4 Å². The van der Waals surface area contributed by atoms with Gasteiger partial charge in [-0.3, -0.25) is 4.79 Å². The summed E-state index contributed by atoms with van der Waals surface area (Å²) in [7, 11) is -1.95. The number of methoxy groups -OCH3 is 1. The van der Waals surface area contributed by atoms with Crippen molar-refractivity contribution >= 4 is 38.8 Å². The molecule has 12 nitrogen and oxygen atoms in total. The molecule has 2 aliphatic heterocycles. The van der Waals surface area contributed by atoms with Gasteiger partial charge in [-0.05, 0) is 38.5 Å². The molecule has 0 aliphatic carbocycles. The summed E-state index contributed by atoms with van der Waals surface area (Å²) in [5.41, 5.74) is 1.85. The first kappa shape index (κ1) is 27.6. The molecular weight excluding hydrogens is 536 g/mol. The van der Waals surface area contributed by atoms with Gasteiger partial charge in [-0.25, -0.2) is 23.4 Å². The predicted octanol–water partition coefficient (Wildman–Crippen LogP) is 3.42. The molecule has 0 saturated carbocycles. The second kappa shape index (κ2) is 10.5. The molecule has 0 radical (unpaired) electrons. The van der Waals surface area contributed by atoms with E-state index in [2.05, 4.69) is 30.5 Å². The van der Waals surface area contributed by atoms with Gasteiger partial charge in [-0.15, -0.1) is 0 Å². The Morgan fingerprint density at radius 1 is 1.18 bits per heavy atom. The lowest BCUT2D eigenvalue weighted by Crippen LogP contribution is -2.39. The number of fused-ring (bicyclic) bond motifs is 1. The lowest BCUT2D eigenvalue weighted by Gasteiger charge is -2.31. The zero-order valence-electron chi connectivity index (χ0n) is 23.0. The van der Waals surface area contributed by atoms with Crippen LogP contribution in [0.15, 0.2) is 41.6 Å². The molecular formula is C27H32N6O6S. The predicted molar refractivity (Wildman–Crippen MR) is 150 cm³/mol. The van der Waals surface area contributed by atoms with Gasteiger partial charge < -0.3 is 29.7 Å². The number of pyridine rings is 3. The topological polar surface area (TPSA) is 145 Å². The molecule has 0 spiro atoms. The van der Waals surface area contributed by atoms with E-state index >= 15 is 0 Å². The SMILES string of the molecule is CO[C@@H]1CCN(c2cc(Nc3cc(NC(C)=O)ncc3-c3ccc4c(n3)OCC(C)(C)O4)nc(S(C)(=O)=O)c2)C1. The normalized spacial score (nSPS) is 17.9. The third-order valence-electron chi connectivity index (χ3n) is 6.52. The number of carbonyl (C=O) groups excluding carboxylic acids is 1. The van der Waals surface area contributed by atoms with E-state index in [0.29, 0.717) is 59.0 Å². The molecule has 0 unspecified atom stereocenters. The molecule has 13 heteroatoms. The second-order valence-corrected chi connectivity index (χ2v) is 12.4. The fourth-order valence-corrected chi connectivity index (χ4v) is 5.16. The van der Waals surface area contributed by atoms with Crippen molar-refractivity contribution in [1.29, 1.82) is 0 Å². The van der Waals surface area contributed by atoms with E-state index in [1.807, 2.05) is 13.8 Å². The lowest BCUT2D eigenvalue weighted by molar-refractivity contribution is -0.114. The van der Waals surface area contributed by atoms with Crippen LogP contribution in [0, 0.1) is 0 Å². The highest BCUT2D eigenvalue weighted by molar-refractivity contribution is 7.90. The zero-order valence-corrected chi connectivity index (χ0v) is 23.8. The number of anilines is 4. The zero-order chi connectivity index (χ0) is 28.7. The Morgan fingerprint density at radius 3 is 2.67 bits per heavy atom. The van der Waals surface area contributed by atoms with Gasteiger partial charge in [-0.1, -0.05) is 0 Å². The summed E-state index contributed by atoms with van der Waals surface area (Å²) >= 11 is 0. The van der Waals surface area contributed by atoms with E-state index in [1.165, 1.54) is 6.92 Å². The largest absolute Gasteiger partial charge is 0.479 e. The number of nitrogens with one attached hydrogen (secondary N) is 2. The fourth-order valence-electron chi connectivity index (χ4n) is 4.56. The highest BCUT2D eigenvalue weighted by Crippen LogP contribution is 2.38. The molecule has 0 bridgehead atoms. The first-order valence-electron chi connectivity index (χ1n) is 12.8. The highest BCUT2D eigenvalue weighted by atomic mass is 32.2. The minimum atomic E-state index is -3.62. The van der Waals surface area contributed by atoms with Crippen molar-refractivity contribution in [3.8, 4) is 22.9 Å². The summed E-state index contributed by atoms with van der Waals surface area (Å²) < 4.78 is 42.4. The summed E-state index contributed by atoms with van der Waals surface area (Å²) in [6.07, 6.45) is 3.58. The Labute approximate surface area is 233 Å². The van der Waals surface area contributed by atoms with Gasteiger partial charge in [0.25, 0.3) is 5.88 Å². The molecule has 40 heavy (non-hydrogen) atoms. The number of carbonyl (C=O) groups is 1. The van der Waals surface area contributed by atoms with Crippen LogP contribution in [0.25, 0.3) is 11.3 Å². The number of rotatable bonds is 7. The Kier molecular flexibility index (Phi) is 7.27. The van der Waals surface area contributed by atoms with Crippen LogP contribution in [0.5, 0.6) is 11.6 Å². The van der Waals surface area contributed by atoms with Crippen LogP contribution < -0.4 is 25.0 Å². The van der Waals surface area contributed by atoms with Gasteiger partial charge >= 0.3 is 0 Å². The highest BCUT2D eigenvalue weighted by Gasteiger charge is 2.30. The van der Waals surface area contributed by atoms with Crippen molar-refractivity contribution < 1.29 is 27.4 Å². The van der Waals surface area contributed by atoms with Crippen LogP contribution in [0.1, 0.15) is 27.2 Å². The Hall–Kier alpha value is -3.97. The van der Waals surface area contributed by atoms with E-state index < -0.39 is 15.4 Å². The smallest absolute Gasteiger partial charge is 0.257 e. The summed E-state index contributed by atoms with van der Waals surface area (Å²) in [6.45, 7) is 6.94. The molecule has 0 aromatic carbocycles. The number of sulfone groups is 1. The molecule has 1 fully saturated rings. The number of ether oxygens (including phenoxy) is 3. The van der Waals surface area contributed by atoms with Gasteiger partial charge in [0.1, 0.15) is 23.8 Å². The number of nitrogens with zero attached hydrogens (tertiary/aromatic N) is 4. The molecule has 5 rings (SSSR count). The van der Waals surface area contributed by atoms with Crippen molar-refractivity contribution in [2.24, 2.45) is 0 Å². The number of hydrogen-bond acceptors (Lipinski definition) is 11. The monoisotopic (exact) mass is 568 g/mol. The Balaban J connectivity index is 1.56. The summed E-state index contributed by atoms with van der Waals surface area (Å²) in [6, 6.07) is 8.56. The van der Waals surface area contributed by atoms with Gasteiger partial charge in [0.05, 0.1) is 17.5 Å². The van der Waals surface area contributed by atoms with Crippen LogP contribution in [-0.4, -0.2) is 74.0 Å². The fraction of sp³-hybridized carbons (Fsp3) is 0.407. The second-order valence-electron chi connectivity index (χ2n) is 10.5. The number of aromatic nitrogens is 3. The third kappa shape index (κ3) is 6.10. The van der Waals surface area contributed by atoms with E-state index in [4.69, 9.17) is 14.2 Å². The first-order chi connectivity index (χ1) is 18.9. The van der Waals surface area contributed by atoms with Crippen LogP contribution in [0.4, 0.5) is 23.0 Å². The quantitative estimate of drug-likeness (QED) is 0.432.